The molecule has 1 unspecified atom stereocenters. The highest BCUT2D eigenvalue weighted by Crippen LogP contribution is 2.26. The van der Waals surface area contributed by atoms with Crippen LogP contribution in [0.1, 0.15) is 51.6 Å². The Hall–Kier alpha value is -3.09. The summed E-state index contributed by atoms with van der Waals surface area (Å²) in [5.41, 5.74) is 4.87. The van der Waals surface area contributed by atoms with Crippen molar-refractivity contribution < 1.29 is 9.53 Å². The summed E-state index contributed by atoms with van der Waals surface area (Å²) in [5.74, 6) is 0.266. The summed E-state index contributed by atoms with van der Waals surface area (Å²) in [7, 11) is 1.67. The zero-order chi connectivity index (χ0) is 22.2. The normalized spacial score (nSPS) is 16.6. The number of aromatic nitrogens is 2. The van der Waals surface area contributed by atoms with Crippen LogP contribution in [-0.4, -0.2) is 41.0 Å². The van der Waals surface area contributed by atoms with Crippen LogP contribution in [0.4, 0.5) is 0 Å². The van der Waals surface area contributed by atoms with Gasteiger partial charge in [0.25, 0.3) is 5.91 Å². The van der Waals surface area contributed by atoms with Gasteiger partial charge in [-0.05, 0) is 54.8 Å². The molecule has 0 aliphatic carbocycles. The smallest absolute Gasteiger partial charge is 0.253 e. The summed E-state index contributed by atoms with van der Waals surface area (Å²) >= 11 is 0. The van der Waals surface area contributed by atoms with Crippen LogP contribution in [0.25, 0.3) is 0 Å². The molecule has 1 saturated heterocycles. The number of carbonyl (C=O) groups excluding carboxylic acids is 1. The van der Waals surface area contributed by atoms with Crippen LogP contribution in [0, 0.1) is 0 Å². The van der Waals surface area contributed by atoms with Gasteiger partial charge in [0.2, 0.25) is 0 Å². The van der Waals surface area contributed by atoms with Crippen molar-refractivity contribution in [2.45, 2.75) is 38.5 Å². The number of piperidine rings is 1. The summed E-state index contributed by atoms with van der Waals surface area (Å²) in [6.45, 7) is 3.90. The van der Waals surface area contributed by atoms with Crippen molar-refractivity contribution in [3.8, 4) is 0 Å². The minimum atomic E-state index is -0.114. The number of benzene rings is 1. The monoisotopic (exact) mass is 430 g/mol. The minimum Gasteiger partial charge on any atom is -0.380 e. The molecule has 3 heterocycles. The molecule has 0 bridgehead atoms. The molecule has 1 amide bonds. The summed E-state index contributed by atoms with van der Waals surface area (Å²) in [6, 6.07) is 17.9. The number of nitrogens with one attached hydrogen (secondary N) is 1. The van der Waals surface area contributed by atoms with Gasteiger partial charge in [0.05, 0.1) is 17.9 Å². The number of hydrogen-bond donors (Lipinski definition) is 1. The Morgan fingerprint density at radius 3 is 2.69 bits per heavy atom. The van der Waals surface area contributed by atoms with E-state index in [1.165, 1.54) is 0 Å². The molecular formula is C26H30N4O2. The lowest BCUT2D eigenvalue weighted by atomic mass is 9.94. The Labute approximate surface area is 189 Å². The van der Waals surface area contributed by atoms with Gasteiger partial charge in [-0.3, -0.25) is 19.7 Å². The molecule has 1 aliphatic rings. The number of pyridine rings is 2. The number of ether oxygens (including phenoxy) is 1. The van der Waals surface area contributed by atoms with Crippen molar-refractivity contribution in [2.75, 3.05) is 20.2 Å². The van der Waals surface area contributed by atoms with E-state index in [0.29, 0.717) is 24.6 Å². The Morgan fingerprint density at radius 2 is 1.94 bits per heavy atom. The highest BCUT2D eigenvalue weighted by molar-refractivity contribution is 5.93. The first-order valence-electron chi connectivity index (χ1n) is 11.1. The van der Waals surface area contributed by atoms with Gasteiger partial charge < -0.3 is 10.1 Å². The summed E-state index contributed by atoms with van der Waals surface area (Å²) in [6.07, 6.45) is 5.80. The van der Waals surface area contributed by atoms with E-state index in [2.05, 4.69) is 26.3 Å². The molecular weight excluding hydrogens is 400 g/mol. The fourth-order valence-corrected chi connectivity index (χ4v) is 4.25. The minimum absolute atomic E-state index is 0.114. The second kappa shape index (κ2) is 11.0. The lowest BCUT2D eigenvalue weighted by molar-refractivity contribution is 0.0950. The van der Waals surface area contributed by atoms with Crippen molar-refractivity contribution in [3.63, 3.8) is 0 Å². The van der Waals surface area contributed by atoms with Crippen LogP contribution in [0.2, 0.25) is 0 Å². The standard InChI is InChI=1S/C26H30N4O2/c1-32-19-23-8-3-2-7-20(23)15-29-26(31)21-11-12-25(28-16-21)22-9-6-14-30(17-22)18-24-10-4-5-13-27-24/h2-5,7-8,10-13,16,22H,6,9,14-15,17-19H2,1H3,(H,29,31). The third-order valence-corrected chi connectivity index (χ3v) is 5.94. The molecule has 1 aliphatic heterocycles. The number of rotatable bonds is 8. The molecule has 1 N–H and O–H groups in total. The van der Waals surface area contributed by atoms with E-state index in [0.717, 1.165) is 55.0 Å². The number of likely N-dealkylation sites (tertiary alicyclic amines) is 1. The quantitative estimate of drug-likeness (QED) is 0.586. The fourth-order valence-electron chi connectivity index (χ4n) is 4.25. The van der Waals surface area contributed by atoms with E-state index in [-0.39, 0.29) is 5.91 Å². The molecule has 4 rings (SSSR count). The van der Waals surface area contributed by atoms with Crippen molar-refractivity contribution in [3.05, 3.63) is 95.1 Å². The molecule has 6 heteroatoms. The third kappa shape index (κ3) is 5.78. The third-order valence-electron chi connectivity index (χ3n) is 5.94. The SMILES string of the molecule is COCc1ccccc1CNC(=O)c1ccc(C2CCCN(Cc3ccccn3)C2)nc1. The highest BCUT2D eigenvalue weighted by atomic mass is 16.5. The predicted molar refractivity (Wildman–Crippen MR) is 124 cm³/mol. The van der Waals surface area contributed by atoms with Crippen molar-refractivity contribution in [1.82, 2.24) is 20.2 Å². The van der Waals surface area contributed by atoms with E-state index in [1.807, 2.05) is 54.7 Å². The molecule has 166 valence electrons. The van der Waals surface area contributed by atoms with Crippen LogP contribution in [0.3, 0.4) is 0 Å². The summed E-state index contributed by atoms with van der Waals surface area (Å²) < 4.78 is 5.24. The van der Waals surface area contributed by atoms with E-state index in [9.17, 15) is 4.79 Å². The average Bonchev–Trinajstić information content (AvgIpc) is 2.84. The molecule has 0 radical (unpaired) electrons. The van der Waals surface area contributed by atoms with Crippen molar-refractivity contribution in [2.24, 2.45) is 0 Å². The van der Waals surface area contributed by atoms with Crippen LogP contribution < -0.4 is 5.32 Å². The number of nitrogens with zero attached hydrogens (tertiary/aromatic N) is 3. The number of methoxy groups -OCH3 is 1. The van der Waals surface area contributed by atoms with Gasteiger partial charge >= 0.3 is 0 Å². The van der Waals surface area contributed by atoms with Gasteiger partial charge in [0.1, 0.15) is 0 Å². The maximum Gasteiger partial charge on any atom is 0.253 e. The highest BCUT2D eigenvalue weighted by Gasteiger charge is 2.23. The van der Waals surface area contributed by atoms with Crippen molar-refractivity contribution in [1.29, 1.82) is 0 Å². The Morgan fingerprint density at radius 1 is 1.09 bits per heavy atom. The molecule has 6 nitrogen and oxygen atoms in total. The number of carbonyl (C=O) groups is 1. The second-order valence-electron chi connectivity index (χ2n) is 8.25. The summed E-state index contributed by atoms with van der Waals surface area (Å²) in [4.78, 5) is 24.2. The zero-order valence-electron chi connectivity index (χ0n) is 18.5. The number of amides is 1. The Bertz CT molecular complexity index is 1010. The lowest BCUT2D eigenvalue weighted by Crippen LogP contribution is -2.34. The van der Waals surface area contributed by atoms with Crippen LogP contribution >= 0.6 is 0 Å². The molecule has 32 heavy (non-hydrogen) atoms. The molecule has 0 saturated carbocycles. The molecule has 2 aromatic heterocycles. The van der Waals surface area contributed by atoms with Crippen LogP contribution in [0.5, 0.6) is 0 Å². The van der Waals surface area contributed by atoms with Gasteiger partial charge in [-0.15, -0.1) is 0 Å². The Balaban J connectivity index is 1.34. The van der Waals surface area contributed by atoms with E-state index >= 15 is 0 Å². The first kappa shape index (κ1) is 22.1. The van der Waals surface area contributed by atoms with E-state index in [1.54, 1.807) is 13.3 Å². The predicted octanol–water partition coefficient (Wildman–Crippen LogP) is 3.93. The lowest BCUT2D eigenvalue weighted by Gasteiger charge is -2.32. The van der Waals surface area contributed by atoms with Gasteiger partial charge in [-0.2, -0.15) is 0 Å². The molecule has 0 spiro atoms. The van der Waals surface area contributed by atoms with Gasteiger partial charge in [-0.1, -0.05) is 30.3 Å². The second-order valence-corrected chi connectivity index (χ2v) is 8.25. The maximum atomic E-state index is 12.6. The van der Waals surface area contributed by atoms with Crippen LogP contribution in [-0.2, 0) is 24.4 Å². The Kier molecular flexibility index (Phi) is 7.59. The topological polar surface area (TPSA) is 67.3 Å². The molecule has 1 fully saturated rings. The van der Waals surface area contributed by atoms with Crippen molar-refractivity contribution >= 4 is 5.91 Å². The summed E-state index contributed by atoms with van der Waals surface area (Å²) in [5, 5.41) is 3.00. The van der Waals surface area contributed by atoms with Crippen LogP contribution in [0.15, 0.2) is 67.0 Å². The number of hydrogen-bond acceptors (Lipinski definition) is 5. The molecule has 1 aromatic carbocycles. The largest absolute Gasteiger partial charge is 0.380 e. The molecule has 3 aromatic rings. The van der Waals surface area contributed by atoms with Gasteiger partial charge in [0.15, 0.2) is 0 Å². The van der Waals surface area contributed by atoms with Gasteiger partial charge in [-0.25, -0.2) is 0 Å². The van der Waals surface area contributed by atoms with E-state index in [4.69, 9.17) is 4.74 Å². The van der Waals surface area contributed by atoms with Gasteiger partial charge in [0, 0.05) is 50.7 Å². The first-order chi connectivity index (χ1) is 15.7. The molecule has 1 atom stereocenters. The maximum absolute atomic E-state index is 12.6. The average molecular weight is 431 g/mol. The fraction of sp³-hybridized carbons (Fsp3) is 0.346. The zero-order valence-corrected chi connectivity index (χ0v) is 18.5. The first-order valence-corrected chi connectivity index (χ1v) is 11.1. The van der Waals surface area contributed by atoms with E-state index < -0.39 is 0 Å².